The molecule has 0 saturated carbocycles. The molecule has 114 valence electrons. The van der Waals surface area contributed by atoms with Gasteiger partial charge in [-0.05, 0) is 49.9 Å². The fraction of sp³-hybridized carbons (Fsp3) is 0.562. The third-order valence-electron chi connectivity index (χ3n) is 4.60. The summed E-state index contributed by atoms with van der Waals surface area (Å²) in [5, 5.41) is 6.00. The summed E-state index contributed by atoms with van der Waals surface area (Å²) in [5.41, 5.74) is 7.44. The molecule has 2 fully saturated rings. The van der Waals surface area contributed by atoms with E-state index in [9.17, 15) is 4.79 Å². The van der Waals surface area contributed by atoms with Gasteiger partial charge in [-0.25, -0.2) is 4.79 Å². The van der Waals surface area contributed by atoms with Gasteiger partial charge in [-0.1, -0.05) is 12.1 Å². The lowest BCUT2D eigenvalue weighted by Crippen LogP contribution is -2.48. The highest BCUT2D eigenvalue weighted by Gasteiger charge is 2.32. The van der Waals surface area contributed by atoms with Crippen LogP contribution in [0.25, 0.3) is 0 Å². The number of piperidine rings is 1. The van der Waals surface area contributed by atoms with Crippen molar-refractivity contribution >= 4 is 11.7 Å². The molecule has 2 unspecified atom stereocenters. The number of hydrogen-bond donors (Lipinski definition) is 3. The Morgan fingerprint density at radius 1 is 1.24 bits per heavy atom. The van der Waals surface area contributed by atoms with Crippen molar-refractivity contribution in [3.05, 3.63) is 29.8 Å². The molecule has 2 atom stereocenters. The molecule has 0 radical (unpaired) electrons. The van der Waals surface area contributed by atoms with E-state index in [4.69, 9.17) is 5.73 Å². The van der Waals surface area contributed by atoms with Crippen LogP contribution in [0.15, 0.2) is 24.3 Å². The lowest BCUT2D eigenvalue weighted by molar-refractivity contribution is 0.168. The van der Waals surface area contributed by atoms with Crippen LogP contribution in [0, 0.1) is 0 Å². The number of nitrogens with one attached hydrogen (secondary N) is 2. The van der Waals surface area contributed by atoms with E-state index < -0.39 is 0 Å². The first-order valence-corrected chi connectivity index (χ1v) is 7.85. The first-order chi connectivity index (χ1) is 10.2. The average molecular weight is 288 g/mol. The van der Waals surface area contributed by atoms with Gasteiger partial charge in [0.1, 0.15) is 0 Å². The second-order valence-electron chi connectivity index (χ2n) is 6.05. The van der Waals surface area contributed by atoms with Gasteiger partial charge in [0.25, 0.3) is 0 Å². The number of carbonyl (C=O) groups excluding carboxylic acids is 1. The van der Waals surface area contributed by atoms with E-state index in [1.54, 1.807) is 0 Å². The zero-order valence-corrected chi connectivity index (χ0v) is 12.3. The molecular weight excluding hydrogens is 264 g/mol. The van der Waals surface area contributed by atoms with E-state index in [1.807, 2.05) is 24.3 Å². The molecule has 0 spiro atoms. The fourth-order valence-corrected chi connectivity index (χ4v) is 3.43. The maximum atomic E-state index is 12.1. The van der Waals surface area contributed by atoms with Gasteiger partial charge < -0.3 is 21.3 Å². The summed E-state index contributed by atoms with van der Waals surface area (Å²) in [6, 6.07) is 8.52. The van der Waals surface area contributed by atoms with Gasteiger partial charge in [0.05, 0.1) is 0 Å². The Bertz CT molecular complexity index is 488. The quantitative estimate of drug-likeness (QED) is 0.795. The van der Waals surface area contributed by atoms with E-state index in [2.05, 4.69) is 15.5 Å². The van der Waals surface area contributed by atoms with E-state index in [1.165, 1.54) is 19.4 Å². The summed E-state index contributed by atoms with van der Waals surface area (Å²) in [5.74, 6) is 0. The Kier molecular flexibility index (Phi) is 4.41. The van der Waals surface area contributed by atoms with Crippen LogP contribution in [0.4, 0.5) is 10.5 Å². The number of fused-ring (bicyclic) bond motifs is 1. The second-order valence-corrected chi connectivity index (χ2v) is 6.05. The van der Waals surface area contributed by atoms with Gasteiger partial charge in [-0.15, -0.1) is 0 Å². The molecule has 2 heterocycles. The standard InChI is InChI=1S/C16H24N4O/c17-11-12-3-5-13(6-4-12)18-16(21)19-14-7-9-20-8-1-2-15(20)10-14/h3-6,14-15H,1-2,7-11,17H2,(H2,18,19,21). The first-order valence-electron chi connectivity index (χ1n) is 7.85. The van der Waals surface area contributed by atoms with Crippen molar-refractivity contribution in [3.63, 3.8) is 0 Å². The summed E-state index contributed by atoms with van der Waals surface area (Å²) in [7, 11) is 0. The Morgan fingerprint density at radius 3 is 2.81 bits per heavy atom. The highest BCUT2D eigenvalue weighted by atomic mass is 16.2. The maximum Gasteiger partial charge on any atom is 0.319 e. The lowest BCUT2D eigenvalue weighted by atomic mass is 9.98. The minimum absolute atomic E-state index is 0.105. The number of anilines is 1. The Labute approximate surface area is 125 Å². The number of nitrogens with zero attached hydrogens (tertiary/aromatic N) is 1. The van der Waals surface area contributed by atoms with Crippen LogP contribution in [-0.2, 0) is 6.54 Å². The molecule has 21 heavy (non-hydrogen) atoms. The summed E-state index contributed by atoms with van der Waals surface area (Å²) < 4.78 is 0. The minimum atomic E-state index is -0.105. The topological polar surface area (TPSA) is 70.4 Å². The molecule has 5 heteroatoms. The molecule has 1 aromatic carbocycles. The second kappa shape index (κ2) is 6.45. The molecule has 0 bridgehead atoms. The highest BCUT2D eigenvalue weighted by molar-refractivity contribution is 5.89. The van der Waals surface area contributed by atoms with Crippen molar-refractivity contribution in [2.75, 3.05) is 18.4 Å². The van der Waals surface area contributed by atoms with Gasteiger partial charge in [0, 0.05) is 30.9 Å². The van der Waals surface area contributed by atoms with Crippen molar-refractivity contribution in [1.29, 1.82) is 0 Å². The van der Waals surface area contributed by atoms with Crippen LogP contribution in [0.2, 0.25) is 0 Å². The van der Waals surface area contributed by atoms with Crippen molar-refractivity contribution in [2.45, 2.75) is 44.3 Å². The van der Waals surface area contributed by atoms with Crippen LogP contribution in [0.3, 0.4) is 0 Å². The van der Waals surface area contributed by atoms with Gasteiger partial charge in [0.15, 0.2) is 0 Å². The third kappa shape index (κ3) is 3.54. The largest absolute Gasteiger partial charge is 0.335 e. The minimum Gasteiger partial charge on any atom is -0.335 e. The number of benzene rings is 1. The van der Waals surface area contributed by atoms with Crippen molar-refractivity contribution < 1.29 is 4.79 Å². The zero-order chi connectivity index (χ0) is 14.7. The Morgan fingerprint density at radius 2 is 2.05 bits per heavy atom. The summed E-state index contributed by atoms with van der Waals surface area (Å²) in [4.78, 5) is 14.6. The lowest BCUT2D eigenvalue weighted by Gasteiger charge is -2.35. The predicted octanol–water partition coefficient (Wildman–Crippen LogP) is 1.89. The molecule has 1 aromatic rings. The molecule has 2 aliphatic heterocycles. The van der Waals surface area contributed by atoms with E-state index >= 15 is 0 Å². The number of carbonyl (C=O) groups is 1. The van der Waals surface area contributed by atoms with E-state index in [0.717, 1.165) is 30.6 Å². The van der Waals surface area contributed by atoms with Gasteiger partial charge >= 0.3 is 6.03 Å². The van der Waals surface area contributed by atoms with Crippen LogP contribution >= 0.6 is 0 Å². The fourth-order valence-electron chi connectivity index (χ4n) is 3.43. The van der Waals surface area contributed by atoms with Crippen LogP contribution in [0.1, 0.15) is 31.2 Å². The maximum absolute atomic E-state index is 12.1. The van der Waals surface area contributed by atoms with Gasteiger partial charge in [0.2, 0.25) is 0 Å². The van der Waals surface area contributed by atoms with Crippen molar-refractivity contribution in [2.24, 2.45) is 5.73 Å². The van der Waals surface area contributed by atoms with E-state index in [0.29, 0.717) is 18.6 Å². The number of hydrogen-bond acceptors (Lipinski definition) is 3. The van der Waals surface area contributed by atoms with Crippen molar-refractivity contribution in [3.8, 4) is 0 Å². The monoisotopic (exact) mass is 288 g/mol. The number of amides is 2. The van der Waals surface area contributed by atoms with Gasteiger partial charge in [-0.3, -0.25) is 0 Å². The Balaban J connectivity index is 1.49. The molecule has 0 aliphatic carbocycles. The summed E-state index contributed by atoms with van der Waals surface area (Å²) in [6.45, 7) is 2.87. The predicted molar refractivity (Wildman–Crippen MR) is 84.1 cm³/mol. The molecular formula is C16H24N4O. The number of rotatable bonds is 3. The normalized spacial score (nSPS) is 25.4. The first kappa shape index (κ1) is 14.4. The molecule has 2 aliphatic rings. The average Bonchev–Trinajstić information content (AvgIpc) is 2.95. The van der Waals surface area contributed by atoms with Gasteiger partial charge in [-0.2, -0.15) is 0 Å². The molecule has 5 nitrogen and oxygen atoms in total. The number of urea groups is 1. The SMILES string of the molecule is NCc1ccc(NC(=O)NC2CCN3CCCC3C2)cc1. The van der Waals surface area contributed by atoms with Crippen molar-refractivity contribution in [1.82, 2.24) is 10.2 Å². The molecule has 3 rings (SSSR count). The summed E-state index contributed by atoms with van der Waals surface area (Å²) >= 11 is 0. The van der Waals surface area contributed by atoms with Crippen LogP contribution in [0.5, 0.6) is 0 Å². The van der Waals surface area contributed by atoms with Crippen LogP contribution < -0.4 is 16.4 Å². The number of nitrogens with two attached hydrogens (primary N) is 1. The summed E-state index contributed by atoms with van der Waals surface area (Å²) in [6.07, 6.45) is 4.72. The molecule has 2 saturated heterocycles. The molecule has 2 amide bonds. The molecule has 0 aromatic heterocycles. The van der Waals surface area contributed by atoms with E-state index in [-0.39, 0.29) is 6.03 Å². The molecule has 4 N–H and O–H groups in total. The third-order valence-corrected chi connectivity index (χ3v) is 4.60. The zero-order valence-electron chi connectivity index (χ0n) is 12.3. The highest BCUT2D eigenvalue weighted by Crippen LogP contribution is 2.26. The smallest absolute Gasteiger partial charge is 0.319 e. The van der Waals surface area contributed by atoms with Crippen LogP contribution in [-0.4, -0.2) is 36.1 Å². The Hall–Kier alpha value is -1.59.